The van der Waals surface area contributed by atoms with Crippen molar-refractivity contribution in [2.75, 3.05) is 12.4 Å². The van der Waals surface area contributed by atoms with Crippen molar-refractivity contribution in [2.45, 2.75) is 31.4 Å². The number of amides is 1. The van der Waals surface area contributed by atoms with Gasteiger partial charge in [0.1, 0.15) is 0 Å². The largest absolute Gasteiger partial charge is 0.367 e. The number of anilines is 1. The molecule has 0 bridgehead atoms. The lowest BCUT2D eigenvalue weighted by Crippen LogP contribution is -2.27. The first kappa shape index (κ1) is 15.1. The molecule has 1 heterocycles. The van der Waals surface area contributed by atoms with E-state index in [9.17, 15) is 4.79 Å². The summed E-state index contributed by atoms with van der Waals surface area (Å²) in [5.41, 5.74) is 7.87. The van der Waals surface area contributed by atoms with Crippen LogP contribution in [0.4, 0.5) is 5.13 Å². The summed E-state index contributed by atoms with van der Waals surface area (Å²) < 4.78 is 5.33. The monoisotopic (exact) mass is 317 g/mol. The van der Waals surface area contributed by atoms with Gasteiger partial charge in [-0.1, -0.05) is 30.3 Å². The van der Waals surface area contributed by atoms with Gasteiger partial charge in [-0.25, -0.2) is 4.98 Å². The number of nitrogens with two attached hydrogens (primary N) is 1. The lowest BCUT2D eigenvalue weighted by atomic mass is 9.99. The first-order valence-corrected chi connectivity index (χ1v) is 8.12. The topological polar surface area (TPSA) is 77.2 Å². The summed E-state index contributed by atoms with van der Waals surface area (Å²) in [6, 6.07) is 9.63. The third kappa shape index (κ3) is 3.19. The molecule has 0 aliphatic heterocycles. The Labute approximate surface area is 133 Å². The van der Waals surface area contributed by atoms with Crippen LogP contribution in [0.5, 0.6) is 0 Å². The fourth-order valence-electron chi connectivity index (χ4n) is 2.65. The number of ether oxygens (including phenoxy) is 1. The first-order chi connectivity index (χ1) is 10.7. The number of carbonyl (C=O) groups is 1. The molecular weight excluding hydrogens is 298 g/mol. The number of nitrogens with zero attached hydrogens (tertiary/aromatic N) is 1. The highest BCUT2D eigenvalue weighted by Crippen LogP contribution is 2.30. The van der Waals surface area contributed by atoms with Crippen molar-refractivity contribution >= 4 is 22.4 Å². The van der Waals surface area contributed by atoms with E-state index in [4.69, 9.17) is 10.5 Å². The first-order valence-electron chi connectivity index (χ1n) is 7.30. The molecule has 1 aromatic heterocycles. The number of thiazole rings is 1. The molecule has 1 amide bonds. The minimum Gasteiger partial charge on any atom is -0.367 e. The van der Waals surface area contributed by atoms with Gasteiger partial charge in [-0.2, -0.15) is 0 Å². The van der Waals surface area contributed by atoms with Crippen LogP contribution < -0.4 is 11.1 Å². The molecule has 3 N–H and O–H groups in total. The fourth-order valence-corrected chi connectivity index (χ4v) is 3.75. The van der Waals surface area contributed by atoms with Gasteiger partial charge in [-0.3, -0.25) is 10.1 Å². The Morgan fingerprint density at radius 2 is 2.23 bits per heavy atom. The summed E-state index contributed by atoms with van der Waals surface area (Å²) in [7, 11) is 1.53. The van der Waals surface area contributed by atoms with E-state index in [2.05, 4.69) is 10.3 Å². The number of hydrogen-bond donors (Lipinski definition) is 2. The maximum absolute atomic E-state index is 12.4. The highest BCUT2D eigenvalue weighted by molar-refractivity contribution is 7.15. The van der Waals surface area contributed by atoms with Gasteiger partial charge in [0.2, 0.25) is 0 Å². The molecule has 116 valence electrons. The van der Waals surface area contributed by atoms with E-state index in [-0.39, 0.29) is 11.9 Å². The van der Waals surface area contributed by atoms with E-state index in [0.29, 0.717) is 5.13 Å². The van der Waals surface area contributed by atoms with Crippen LogP contribution in [-0.2, 0) is 22.4 Å². The number of fused-ring (bicyclic) bond motifs is 1. The maximum Gasteiger partial charge on any atom is 0.259 e. The zero-order valence-corrected chi connectivity index (χ0v) is 13.2. The molecule has 5 nitrogen and oxygen atoms in total. The molecule has 1 aliphatic rings. The van der Waals surface area contributed by atoms with Crippen LogP contribution in [0.2, 0.25) is 0 Å². The second-order valence-electron chi connectivity index (χ2n) is 5.41. The number of nitrogens with one attached hydrogen (secondary N) is 1. The SMILES string of the molecule is COC(C(=O)Nc1nc2c(s1)C[C@@H](N)CC2)c1ccccc1. The molecule has 0 fully saturated rings. The molecule has 0 saturated heterocycles. The summed E-state index contributed by atoms with van der Waals surface area (Å²) in [5.74, 6) is -0.205. The summed E-state index contributed by atoms with van der Waals surface area (Å²) in [6.07, 6.45) is 2.05. The lowest BCUT2D eigenvalue weighted by molar-refractivity contribution is -0.126. The van der Waals surface area contributed by atoms with E-state index in [0.717, 1.165) is 30.5 Å². The van der Waals surface area contributed by atoms with Gasteiger partial charge in [0, 0.05) is 18.0 Å². The van der Waals surface area contributed by atoms with E-state index < -0.39 is 6.10 Å². The zero-order valence-electron chi connectivity index (χ0n) is 12.4. The van der Waals surface area contributed by atoms with Crippen molar-refractivity contribution in [3.05, 3.63) is 46.5 Å². The normalized spacial score (nSPS) is 18.5. The van der Waals surface area contributed by atoms with Gasteiger partial charge < -0.3 is 10.5 Å². The van der Waals surface area contributed by atoms with E-state index in [1.807, 2.05) is 30.3 Å². The van der Waals surface area contributed by atoms with Crippen LogP contribution in [0.15, 0.2) is 30.3 Å². The van der Waals surface area contributed by atoms with Gasteiger partial charge in [-0.05, 0) is 24.8 Å². The molecule has 1 unspecified atom stereocenters. The van der Waals surface area contributed by atoms with Crippen LogP contribution in [0.1, 0.15) is 28.7 Å². The van der Waals surface area contributed by atoms with Crippen LogP contribution in [0, 0.1) is 0 Å². The smallest absolute Gasteiger partial charge is 0.259 e. The molecule has 0 spiro atoms. The van der Waals surface area contributed by atoms with Crippen molar-refractivity contribution in [2.24, 2.45) is 5.73 Å². The van der Waals surface area contributed by atoms with Crippen LogP contribution in [0.25, 0.3) is 0 Å². The molecule has 0 radical (unpaired) electrons. The standard InChI is InChI=1S/C16H19N3O2S/c1-21-14(10-5-3-2-4-6-10)15(20)19-16-18-12-8-7-11(17)9-13(12)22-16/h2-6,11,14H,7-9,17H2,1H3,(H,18,19,20)/t11-,14?/m0/s1. The third-order valence-corrected chi connectivity index (χ3v) is 4.82. The Kier molecular flexibility index (Phi) is 4.52. The Bertz CT molecular complexity index is 657. The second kappa shape index (κ2) is 6.56. The minimum atomic E-state index is -0.635. The second-order valence-corrected chi connectivity index (χ2v) is 6.49. The van der Waals surface area contributed by atoms with Gasteiger partial charge >= 0.3 is 0 Å². The van der Waals surface area contributed by atoms with Crippen LogP contribution >= 0.6 is 11.3 Å². The summed E-state index contributed by atoms with van der Waals surface area (Å²) in [5, 5.41) is 3.49. The highest BCUT2D eigenvalue weighted by Gasteiger charge is 2.24. The van der Waals surface area contributed by atoms with Crippen molar-refractivity contribution in [3.63, 3.8) is 0 Å². The van der Waals surface area contributed by atoms with Crippen molar-refractivity contribution in [1.82, 2.24) is 4.98 Å². The molecule has 0 saturated carbocycles. The molecule has 6 heteroatoms. The highest BCUT2D eigenvalue weighted by atomic mass is 32.1. The molecule has 22 heavy (non-hydrogen) atoms. The molecule has 1 aromatic carbocycles. The predicted octanol–water partition coefficient (Wildman–Crippen LogP) is 2.29. The van der Waals surface area contributed by atoms with Crippen LogP contribution in [0.3, 0.4) is 0 Å². The molecule has 2 atom stereocenters. The van der Waals surface area contributed by atoms with Crippen LogP contribution in [-0.4, -0.2) is 24.0 Å². The predicted molar refractivity (Wildman–Crippen MR) is 86.9 cm³/mol. The number of benzene rings is 1. The average Bonchev–Trinajstić information content (AvgIpc) is 2.90. The van der Waals surface area contributed by atoms with E-state index in [1.54, 1.807) is 0 Å². The maximum atomic E-state index is 12.4. The summed E-state index contributed by atoms with van der Waals surface area (Å²) >= 11 is 1.51. The Morgan fingerprint density at radius 1 is 1.45 bits per heavy atom. The molecule has 1 aliphatic carbocycles. The van der Waals surface area contributed by atoms with Crippen molar-refractivity contribution in [1.29, 1.82) is 0 Å². The van der Waals surface area contributed by atoms with E-state index in [1.165, 1.54) is 23.3 Å². The van der Waals surface area contributed by atoms with Crippen molar-refractivity contribution < 1.29 is 9.53 Å². The number of hydrogen-bond acceptors (Lipinski definition) is 5. The van der Waals surface area contributed by atoms with Gasteiger partial charge in [0.05, 0.1) is 5.69 Å². The lowest BCUT2D eigenvalue weighted by Gasteiger charge is -2.15. The quantitative estimate of drug-likeness (QED) is 0.907. The third-order valence-electron chi connectivity index (χ3n) is 3.78. The molecule has 2 aromatic rings. The number of aryl methyl sites for hydroxylation is 1. The molecule has 3 rings (SSSR count). The summed E-state index contributed by atoms with van der Waals surface area (Å²) in [6.45, 7) is 0. The van der Waals surface area contributed by atoms with E-state index >= 15 is 0 Å². The Morgan fingerprint density at radius 3 is 2.95 bits per heavy atom. The Balaban J connectivity index is 1.74. The van der Waals surface area contributed by atoms with Gasteiger partial charge in [0.25, 0.3) is 5.91 Å². The number of methoxy groups -OCH3 is 1. The van der Waals surface area contributed by atoms with Gasteiger partial charge in [-0.15, -0.1) is 11.3 Å². The van der Waals surface area contributed by atoms with Crippen molar-refractivity contribution in [3.8, 4) is 0 Å². The summed E-state index contributed by atoms with van der Waals surface area (Å²) in [4.78, 5) is 18.1. The number of rotatable bonds is 4. The molecular formula is C16H19N3O2S. The van der Waals surface area contributed by atoms with Gasteiger partial charge in [0.15, 0.2) is 11.2 Å². The minimum absolute atomic E-state index is 0.201. The zero-order chi connectivity index (χ0) is 15.5. The number of carbonyl (C=O) groups excluding carboxylic acids is 1. The Hall–Kier alpha value is -1.76. The average molecular weight is 317 g/mol. The number of aromatic nitrogens is 1. The fraction of sp³-hybridized carbons (Fsp3) is 0.375.